The highest BCUT2D eigenvalue weighted by atomic mass is 32.2. The first-order valence-corrected chi connectivity index (χ1v) is 10.7. The molecule has 1 unspecified atom stereocenters. The normalized spacial score (nSPS) is 12.9. The van der Waals surface area contributed by atoms with Gasteiger partial charge in [0.2, 0.25) is 15.9 Å². The van der Waals surface area contributed by atoms with Gasteiger partial charge in [0.25, 0.3) is 0 Å². The highest BCUT2D eigenvalue weighted by molar-refractivity contribution is 7.89. The maximum Gasteiger partial charge on any atom is 0.244 e. The lowest BCUT2D eigenvalue weighted by Gasteiger charge is -2.24. The van der Waals surface area contributed by atoms with E-state index in [0.29, 0.717) is 5.56 Å². The van der Waals surface area contributed by atoms with Gasteiger partial charge in [-0.25, -0.2) is 17.5 Å². The van der Waals surface area contributed by atoms with Crippen molar-refractivity contribution in [2.24, 2.45) is 0 Å². The Morgan fingerprint density at radius 2 is 1.97 bits per heavy atom. The molecule has 2 aromatic carbocycles. The third kappa shape index (κ3) is 6.12. The van der Waals surface area contributed by atoms with Gasteiger partial charge in [-0.3, -0.25) is 4.79 Å². The molecule has 0 aromatic heterocycles. The highest BCUT2D eigenvalue weighted by Gasteiger charge is 2.18. The van der Waals surface area contributed by atoms with E-state index in [2.05, 4.69) is 10.0 Å². The van der Waals surface area contributed by atoms with E-state index in [4.69, 9.17) is 4.74 Å². The van der Waals surface area contributed by atoms with Crippen LogP contribution in [-0.4, -0.2) is 54.0 Å². The molecule has 0 bridgehead atoms. The smallest absolute Gasteiger partial charge is 0.244 e. The molecule has 9 heteroatoms. The van der Waals surface area contributed by atoms with Crippen molar-refractivity contribution in [1.29, 1.82) is 0 Å². The SMILES string of the molecule is CNS(=O)(=O)c1cc(/C=C/C(=O)NCC(c2cccc(F)c2)N(C)C)ccc1OC. The van der Waals surface area contributed by atoms with Crippen molar-refractivity contribution in [1.82, 2.24) is 14.9 Å². The minimum absolute atomic E-state index is 0.0196. The number of methoxy groups -OCH3 is 1. The van der Waals surface area contributed by atoms with Crippen LogP contribution < -0.4 is 14.8 Å². The van der Waals surface area contributed by atoms with Gasteiger partial charge in [-0.1, -0.05) is 18.2 Å². The fourth-order valence-corrected chi connectivity index (χ4v) is 3.78. The maximum absolute atomic E-state index is 13.5. The molecule has 0 aliphatic rings. The van der Waals surface area contributed by atoms with Crippen LogP contribution in [0.4, 0.5) is 4.39 Å². The number of nitrogens with zero attached hydrogens (tertiary/aromatic N) is 1. The van der Waals surface area contributed by atoms with Crippen molar-refractivity contribution in [2.45, 2.75) is 10.9 Å². The van der Waals surface area contributed by atoms with E-state index in [-0.39, 0.29) is 35.0 Å². The topological polar surface area (TPSA) is 87.7 Å². The Kier molecular flexibility index (Phi) is 8.10. The third-order valence-electron chi connectivity index (χ3n) is 4.50. The lowest BCUT2D eigenvalue weighted by atomic mass is 10.1. The van der Waals surface area contributed by atoms with Gasteiger partial charge in [-0.05, 0) is 62.6 Å². The summed E-state index contributed by atoms with van der Waals surface area (Å²) in [5.41, 5.74) is 1.27. The zero-order chi connectivity index (χ0) is 22.3. The van der Waals surface area contributed by atoms with Crippen LogP contribution in [0.2, 0.25) is 0 Å². The van der Waals surface area contributed by atoms with Crippen molar-refractivity contribution in [3.63, 3.8) is 0 Å². The summed E-state index contributed by atoms with van der Waals surface area (Å²) in [6, 6.07) is 10.6. The Morgan fingerprint density at radius 3 is 2.57 bits per heavy atom. The number of likely N-dealkylation sites (N-methyl/N-ethyl adjacent to an activating group) is 1. The first-order valence-electron chi connectivity index (χ1n) is 9.17. The van der Waals surface area contributed by atoms with Crippen LogP contribution in [0.15, 0.2) is 53.4 Å². The average molecular weight is 436 g/mol. The number of halogens is 1. The van der Waals surface area contributed by atoms with Gasteiger partial charge in [-0.15, -0.1) is 0 Å². The zero-order valence-electron chi connectivity index (χ0n) is 17.3. The van der Waals surface area contributed by atoms with Crippen molar-refractivity contribution in [3.05, 3.63) is 65.5 Å². The van der Waals surface area contributed by atoms with Gasteiger partial charge in [0, 0.05) is 12.6 Å². The summed E-state index contributed by atoms with van der Waals surface area (Å²) in [6.45, 7) is 0.279. The van der Waals surface area contributed by atoms with Crippen LogP contribution in [0.25, 0.3) is 6.08 Å². The number of amides is 1. The first kappa shape index (κ1) is 23.5. The number of nitrogens with one attached hydrogen (secondary N) is 2. The summed E-state index contributed by atoms with van der Waals surface area (Å²) in [7, 11) is 2.67. The van der Waals surface area contributed by atoms with E-state index in [1.807, 2.05) is 19.0 Å². The predicted octanol–water partition coefficient (Wildman–Crippen LogP) is 2.17. The van der Waals surface area contributed by atoms with Crippen LogP contribution in [0.3, 0.4) is 0 Å². The number of carbonyl (C=O) groups is 1. The minimum Gasteiger partial charge on any atom is -0.495 e. The fourth-order valence-electron chi connectivity index (χ4n) is 2.86. The number of benzene rings is 2. The van der Waals surface area contributed by atoms with Gasteiger partial charge in [0.05, 0.1) is 13.2 Å². The van der Waals surface area contributed by atoms with Crippen LogP contribution in [0.1, 0.15) is 17.2 Å². The molecule has 0 saturated carbocycles. The number of sulfonamides is 1. The van der Waals surface area contributed by atoms with Crippen molar-refractivity contribution < 1.29 is 22.3 Å². The lowest BCUT2D eigenvalue weighted by Crippen LogP contribution is -2.33. The second kappa shape index (κ2) is 10.3. The zero-order valence-corrected chi connectivity index (χ0v) is 18.2. The van der Waals surface area contributed by atoms with Crippen LogP contribution >= 0.6 is 0 Å². The van der Waals surface area contributed by atoms with E-state index in [9.17, 15) is 17.6 Å². The summed E-state index contributed by atoms with van der Waals surface area (Å²) >= 11 is 0. The first-order chi connectivity index (χ1) is 14.2. The number of ether oxygens (including phenoxy) is 1. The van der Waals surface area contributed by atoms with E-state index in [0.717, 1.165) is 5.56 Å². The Labute approximate surface area is 176 Å². The molecule has 2 aromatic rings. The third-order valence-corrected chi connectivity index (χ3v) is 5.94. The molecule has 0 aliphatic carbocycles. The quantitative estimate of drug-likeness (QED) is 0.590. The molecule has 0 spiro atoms. The Morgan fingerprint density at radius 1 is 1.23 bits per heavy atom. The van der Waals surface area contributed by atoms with Crippen LogP contribution in [0.5, 0.6) is 5.75 Å². The molecule has 0 fully saturated rings. The molecule has 30 heavy (non-hydrogen) atoms. The molecule has 1 amide bonds. The summed E-state index contributed by atoms with van der Waals surface area (Å²) in [6.07, 6.45) is 2.83. The lowest BCUT2D eigenvalue weighted by molar-refractivity contribution is -0.116. The van der Waals surface area contributed by atoms with Crippen LogP contribution in [0, 0.1) is 5.82 Å². The molecule has 2 rings (SSSR count). The monoisotopic (exact) mass is 435 g/mol. The second-order valence-electron chi connectivity index (χ2n) is 6.73. The number of hydrogen-bond donors (Lipinski definition) is 2. The molecule has 0 aliphatic heterocycles. The molecule has 0 radical (unpaired) electrons. The van der Waals surface area contributed by atoms with Gasteiger partial charge in [0.1, 0.15) is 16.5 Å². The molecular weight excluding hydrogens is 409 g/mol. The van der Waals surface area contributed by atoms with E-state index >= 15 is 0 Å². The average Bonchev–Trinajstić information content (AvgIpc) is 2.72. The minimum atomic E-state index is -3.71. The van der Waals surface area contributed by atoms with E-state index < -0.39 is 10.0 Å². The predicted molar refractivity (Wildman–Crippen MR) is 114 cm³/mol. The molecule has 0 heterocycles. The Bertz CT molecular complexity index is 1020. The standard InChI is InChI=1S/C21H26FN3O4S/c1-23-30(27,28)20-12-15(8-10-19(20)29-4)9-11-21(26)24-14-18(25(2)3)16-6-5-7-17(22)13-16/h5-13,18,23H,14H2,1-4H3,(H,24,26)/b11-9+. The summed E-state index contributed by atoms with van der Waals surface area (Å²) < 4.78 is 45.2. The summed E-state index contributed by atoms with van der Waals surface area (Å²) in [5, 5.41) is 2.79. The summed E-state index contributed by atoms with van der Waals surface area (Å²) in [5.74, 6) is -0.487. The van der Waals surface area contributed by atoms with Gasteiger partial charge in [0.15, 0.2) is 0 Å². The number of rotatable bonds is 9. The van der Waals surface area contributed by atoms with E-state index in [1.165, 1.54) is 50.6 Å². The number of hydrogen-bond acceptors (Lipinski definition) is 5. The molecule has 0 saturated heterocycles. The highest BCUT2D eigenvalue weighted by Crippen LogP contribution is 2.25. The molecule has 2 N–H and O–H groups in total. The van der Waals surface area contributed by atoms with Gasteiger partial charge < -0.3 is 15.0 Å². The van der Waals surface area contributed by atoms with Gasteiger partial charge >= 0.3 is 0 Å². The fraction of sp³-hybridized carbons (Fsp3) is 0.286. The van der Waals surface area contributed by atoms with Crippen molar-refractivity contribution >= 4 is 22.0 Å². The Hall–Kier alpha value is -2.75. The molecule has 1 atom stereocenters. The maximum atomic E-state index is 13.5. The largest absolute Gasteiger partial charge is 0.495 e. The Balaban J connectivity index is 2.11. The van der Waals surface area contributed by atoms with Gasteiger partial charge in [-0.2, -0.15) is 0 Å². The number of carbonyl (C=O) groups excluding carboxylic acids is 1. The molecule has 7 nitrogen and oxygen atoms in total. The van der Waals surface area contributed by atoms with Crippen LogP contribution in [-0.2, 0) is 14.8 Å². The second-order valence-corrected chi connectivity index (χ2v) is 8.59. The molecule has 162 valence electrons. The van der Waals surface area contributed by atoms with Crippen molar-refractivity contribution in [2.75, 3.05) is 34.8 Å². The van der Waals surface area contributed by atoms with Crippen molar-refractivity contribution in [3.8, 4) is 5.75 Å². The van der Waals surface area contributed by atoms with E-state index in [1.54, 1.807) is 18.2 Å². The summed E-state index contributed by atoms with van der Waals surface area (Å²) in [4.78, 5) is 14.1. The molecular formula is C21H26FN3O4S.